The van der Waals surface area contributed by atoms with Crippen molar-refractivity contribution in [2.45, 2.75) is 6.92 Å². The minimum Gasteiger partial charge on any atom is -0.492 e. The summed E-state index contributed by atoms with van der Waals surface area (Å²) in [6.07, 6.45) is 4.81. The number of benzene rings is 1. The number of carbonyl (C=O) groups is 1. The van der Waals surface area contributed by atoms with Gasteiger partial charge in [0.25, 0.3) is 5.91 Å². The van der Waals surface area contributed by atoms with Crippen LogP contribution in [0.5, 0.6) is 5.75 Å². The highest BCUT2D eigenvalue weighted by Crippen LogP contribution is 2.25. The molecular weight excluding hydrogens is 374 g/mol. The Morgan fingerprint density at radius 1 is 1.14 bits per heavy atom. The van der Waals surface area contributed by atoms with E-state index in [0.717, 1.165) is 11.4 Å². The van der Waals surface area contributed by atoms with E-state index in [1.54, 1.807) is 17.1 Å². The third kappa shape index (κ3) is 3.77. The van der Waals surface area contributed by atoms with Crippen molar-refractivity contribution in [2.75, 3.05) is 11.9 Å². The predicted octanol–water partition coefficient (Wildman–Crippen LogP) is 4.04. The first kappa shape index (κ1) is 17.9. The Kier molecular flexibility index (Phi) is 5.11. The SMILES string of the molecule is CCOc1ccc(-c2csc(NC(=O)c3cncn3-c3ccccc3)n2)nc1. The first-order valence-corrected chi connectivity index (χ1v) is 9.56. The Morgan fingerprint density at radius 3 is 2.75 bits per heavy atom. The molecule has 28 heavy (non-hydrogen) atoms. The van der Waals surface area contributed by atoms with Gasteiger partial charge in [0.15, 0.2) is 5.13 Å². The van der Waals surface area contributed by atoms with Crippen LogP contribution in [0.15, 0.2) is 66.6 Å². The van der Waals surface area contributed by atoms with Crippen LogP contribution < -0.4 is 10.1 Å². The smallest absolute Gasteiger partial charge is 0.276 e. The van der Waals surface area contributed by atoms with Gasteiger partial charge in [-0.25, -0.2) is 9.97 Å². The second kappa shape index (κ2) is 8.01. The number of thiazole rings is 1. The Labute approximate surface area is 165 Å². The molecule has 3 aromatic heterocycles. The van der Waals surface area contributed by atoms with E-state index >= 15 is 0 Å². The number of rotatable bonds is 6. The molecule has 8 heteroatoms. The fourth-order valence-corrected chi connectivity index (χ4v) is 3.35. The van der Waals surface area contributed by atoms with Crippen LogP contribution in [0.1, 0.15) is 17.4 Å². The minimum absolute atomic E-state index is 0.276. The molecule has 1 amide bonds. The summed E-state index contributed by atoms with van der Waals surface area (Å²) in [5.74, 6) is 0.436. The molecule has 4 aromatic rings. The van der Waals surface area contributed by atoms with Gasteiger partial charge >= 0.3 is 0 Å². The van der Waals surface area contributed by atoms with Gasteiger partial charge in [-0.05, 0) is 31.2 Å². The summed E-state index contributed by atoms with van der Waals surface area (Å²) in [6.45, 7) is 2.51. The van der Waals surface area contributed by atoms with Crippen LogP contribution in [-0.2, 0) is 0 Å². The van der Waals surface area contributed by atoms with Crippen LogP contribution in [0.4, 0.5) is 5.13 Å². The van der Waals surface area contributed by atoms with E-state index in [1.807, 2.05) is 54.8 Å². The molecule has 0 saturated heterocycles. The molecule has 0 saturated carbocycles. The minimum atomic E-state index is -0.276. The highest BCUT2D eigenvalue weighted by molar-refractivity contribution is 7.14. The molecule has 0 bridgehead atoms. The first-order chi connectivity index (χ1) is 13.7. The van der Waals surface area contributed by atoms with Crippen molar-refractivity contribution in [3.63, 3.8) is 0 Å². The number of hydrogen-bond acceptors (Lipinski definition) is 6. The van der Waals surface area contributed by atoms with E-state index < -0.39 is 0 Å². The van der Waals surface area contributed by atoms with Crippen molar-refractivity contribution in [3.05, 3.63) is 72.3 Å². The molecule has 0 aliphatic carbocycles. The number of hydrogen-bond donors (Lipinski definition) is 1. The second-order valence-corrected chi connectivity index (χ2v) is 6.65. The summed E-state index contributed by atoms with van der Waals surface area (Å²) < 4.78 is 7.13. The molecule has 4 rings (SSSR count). The van der Waals surface area contributed by atoms with E-state index in [2.05, 4.69) is 20.3 Å². The molecule has 0 aliphatic rings. The first-order valence-electron chi connectivity index (χ1n) is 8.68. The van der Waals surface area contributed by atoms with E-state index in [0.29, 0.717) is 28.9 Å². The summed E-state index contributed by atoms with van der Waals surface area (Å²) >= 11 is 1.34. The topological polar surface area (TPSA) is 81.9 Å². The fourth-order valence-electron chi connectivity index (χ4n) is 2.65. The Balaban J connectivity index is 1.50. The van der Waals surface area contributed by atoms with Gasteiger partial charge in [-0.2, -0.15) is 0 Å². The number of imidazole rings is 1. The van der Waals surface area contributed by atoms with Crippen molar-refractivity contribution < 1.29 is 9.53 Å². The molecule has 0 spiro atoms. The molecule has 0 radical (unpaired) electrons. The van der Waals surface area contributed by atoms with Crippen molar-refractivity contribution in [2.24, 2.45) is 0 Å². The van der Waals surface area contributed by atoms with Gasteiger partial charge in [-0.1, -0.05) is 18.2 Å². The van der Waals surface area contributed by atoms with Crippen molar-refractivity contribution in [1.29, 1.82) is 0 Å². The molecule has 7 nitrogen and oxygen atoms in total. The average Bonchev–Trinajstić information content (AvgIpc) is 3.39. The molecule has 0 unspecified atom stereocenters. The lowest BCUT2D eigenvalue weighted by molar-refractivity contribution is 0.102. The van der Waals surface area contributed by atoms with Gasteiger partial charge in [0, 0.05) is 11.1 Å². The van der Waals surface area contributed by atoms with E-state index in [1.165, 1.54) is 17.5 Å². The Bertz CT molecular complexity index is 1070. The zero-order valence-corrected chi connectivity index (χ0v) is 15.9. The number of pyridine rings is 1. The molecule has 1 aromatic carbocycles. The number of anilines is 1. The van der Waals surface area contributed by atoms with Gasteiger partial charge in [-0.15, -0.1) is 11.3 Å². The Hall–Kier alpha value is -3.52. The maximum atomic E-state index is 12.7. The van der Waals surface area contributed by atoms with Crippen LogP contribution in [0.25, 0.3) is 17.1 Å². The number of nitrogens with zero attached hydrogens (tertiary/aromatic N) is 4. The zero-order valence-electron chi connectivity index (χ0n) is 15.1. The summed E-state index contributed by atoms with van der Waals surface area (Å²) in [5, 5.41) is 5.18. The molecule has 0 atom stereocenters. The van der Waals surface area contributed by atoms with Crippen molar-refractivity contribution in [3.8, 4) is 22.8 Å². The summed E-state index contributed by atoms with van der Waals surface area (Å²) in [5.41, 5.74) is 2.71. The molecule has 0 fully saturated rings. The number of para-hydroxylation sites is 1. The van der Waals surface area contributed by atoms with Crippen molar-refractivity contribution in [1.82, 2.24) is 19.5 Å². The lowest BCUT2D eigenvalue weighted by atomic mass is 10.3. The highest BCUT2D eigenvalue weighted by Gasteiger charge is 2.15. The monoisotopic (exact) mass is 391 g/mol. The molecule has 3 heterocycles. The van der Waals surface area contributed by atoms with Crippen LogP contribution >= 0.6 is 11.3 Å². The number of aromatic nitrogens is 4. The number of carbonyl (C=O) groups excluding carboxylic acids is 1. The van der Waals surface area contributed by atoms with Crippen molar-refractivity contribution >= 4 is 22.4 Å². The van der Waals surface area contributed by atoms with Crippen LogP contribution in [0, 0.1) is 0 Å². The quantitative estimate of drug-likeness (QED) is 0.536. The Morgan fingerprint density at radius 2 is 2.00 bits per heavy atom. The number of nitrogens with one attached hydrogen (secondary N) is 1. The van der Waals surface area contributed by atoms with Gasteiger partial charge < -0.3 is 4.74 Å². The number of amides is 1. The third-order valence-electron chi connectivity index (χ3n) is 3.94. The van der Waals surface area contributed by atoms with E-state index in [9.17, 15) is 4.79 Å². The summed E-state index contributed by atoms with van der Waals surface area (Å²) in [6, 6.07) is 13.3. The van der Waals surface area contributed by atoms with Crippen LogP contribution in [0.3, 0.4) is 0 Å². The van der Waals surface area contributed by atoms with E-state index in [-0.39, 0.29) is 5.91 Å². The maximum Gasteiger partial charge on any atom is 0.276 e. The highest BCUT2D eigenvalue weighted by atomic mass is 32.1. The molecule has 140 valence electrons. The normalized spacial score (nSPS) is 10.6. The molecule has 1 N–H and O–H groups in total. The predicted molar refractivity (Wildman–Crippen MR) is 108 cm³/mol. The summed E-state index contributed by atoms with van der Waals surface area (Å²) in [7, 11) is 0. The standard InChI is InChI=1S/C20H17N5O2S/c1-2-27-15-8-9-16(22-10-15)17-12-28-20(23-17)24-19(26)18-11-21-13-25(18)14-6-4-3-5-7-14/h3-13H,2H2,1H3,(H,23,24,26). The van der Waals surface area contributed by atoms with Gasteiger partial charge in [0.1, 0.15) is 17.1 Å². The van der Waals surface area contributed by atoms with Gasteiger partial charge in [0.05, 0.1) is 31.0 Å². The lowest BCUT2D eigenvalue weighted by Gasteiger charge is -2.07. The summed E-state index contributed by atoms with van der Waals surface area (Å²) in [4.78, 5) is 25.6. The fraction of sp³-hybridized carbons (Fsp3) is 0.100. The molecule has 0 aliphatic heterocycles. The van der Waals surface area contributed by atoms with Gasteiger partial charge in [-0.3, -0.25) is 19.7 Å². The zero-order chi connectivity index (χ0) is 19.3. The maximum absolute atomic E-state index is 12.7. The number of ether oxygens (including phenoxy) is 1. The average molecular weight is 391 g/mol. The largest absolute Gasteiger partial charge is 0.492 e. The van der Waals surface area contributed by atoms with Crippen LogP contribution in [-0.4, -0.2) is 32.0 Å². The van der Waals surface area contributed by atoms with Crippen LogP contribution in [0.2, 0.25) is 0 Å². The van der Waals surface area contributed by atoms with Gasteiger partial charge in [0.2, 0.25) is 0 Å². The molecular formula is C20H17N5O2S. The lowest BCUT2D eigenvalue weighted by Crippen LogP contribution is -2.15. The van der Waals surface area contributed by atoms with E-state index in [4.69, 9.17) is 4.74 Å². The third-order valence-corrected chi connectivity index (χ3v) is 4.70. The second-order valence-electron chi connectivity index (χ2n) is 5.79.